The molecule has 8 heteroatoms. The van der Waals surface area contributed by atoms with Gasteiger partial charge in [-0.05, 0) is 26.0 Å². The van der Waals surface area contributed by atoms with Gasteiger partial charge in [-0.25, -0.2) is 0 Å². The van der Waals surface area contributed by atoms with Gasteiger partial charge >= 0.3 is 0 Å². The van der Waals surface area contributed by atoms with Crippen molar-refractivity contribution in [2.75, 3.05) is 5.32 Å². The van der Waals surface area contributed by atoms with Crippen molar-refractivity contribution in [1.82, 2.24) is 10.2 Å². The van der Waals surface area contributed by atoms with Gasteiger partial charge in [0.2, 0.25) is 0 Å². The molecule has 2 aromatic rings. The highest BCUT2D eigenvalue weighted by molar-refractivity contribution is 6.36. The Morgan fingerprint density at radius 2 is 2.04 bits per heavy atom. The lowest BCUT2D eigenvalue weighted by atomic mass is 9.87. The summed E-state index contributed by atoms with van der Waals surface area (Å²) in [5.74, 6) is -1.10. The maximum Gasteiger partial charge on any atom is 0.261 e. The molecule has 1 aliphatic heterocycles. The minimum atomic E-state index is -2.04. The van der Waals surface area contributed by atoms with E-state index in [2.05, 4.69) is 15.5 Å². The molecule has 0 fully saturated rings. The van der Waals surface area contributed by atoms with E-state index in [1.165, 1.54) is 12.1 Å². The molecule has 0 saturated carbocycles. The molecule has 0 saturated heterocycles. The number of nitrogens with one attached hydrogen (secondary N) is 2. The average Bonchev–Trinajstić information content (AvgIpc) is 2.87. The molecule has 1 aromatic heterocycles. The maximum atomic E-state index is 12.6. The van der Waals surface area contributed by atoms with E-state index in [1.807, 2.05) is 0 Å². The average molecular weight is 354 g/mol. The summed E-state index contributed by atoms with van der Waals surface area (Å²) in [7, 11) is 0. The van der Waals surface area contributed by atoms with Crippen molar-refractivity contribution in [3.63, 3.8) is 0 Å². The summed E-state index contributed by atoms with van der Waals surface area (Å²) in [4.78, 5) is 24.8. The number of carbonyl (C=O) groups is 2. The second kappa shape index (κ2) is 5.33. The van der Waals surface area contributed by atoms with E-state index in [-0.39, 0.29) is 10.6 Å². The number of aromatic amines is 1. The van der Waals surface area contributed by atoms with E-state index in [9.17, 15) is 14.7 Å². The quantitative estimate of drug-likeness (QED) is 0.739. The Bertz CT molecular complexity index is 827. The number of fused-ring (bicyclic) bond motifs is 1. The van der Waals surface area contributed by atoms with Crippen LogP contribution in [-0.2, 0) is 10.4 Å². The molecule has 0 spiro atoms. The summed E-state index contributed by atoms with van der Waals surface area (Å²) >= 11 is 12.0. The Hall–Kier alpha value is -1.89. The number of aryl methyl sites for hydroxylation is 2. The number of benzene rings is 1. The molecule has 1 aromatic carbocycles. The molecule has 3 N–H and O–H groups in total. The standard InChI is InChI=1S/C15H13Cl2N3O3/c1-6-12(7(2)20-19-6)11(21)5-15(23)13-9(17)3-8(16)4-10(13)18-14(15)22/h3-4,23H,5H2,1-2H3,(H,18,22)(H,19,20). The van der Waals surface area contributed by atoms with Crippen molar-refractivity contribution in [2.45, 2.75) is 25.9 Å². The summed E-state index contributed by atoms with van der Waals surface area (Å²) in [6.45, 7) is 3.38. The summed E-state index contributed by atoms with van der Waals surface area (Å²) in [6, 6.07) is 2.91. The molecule has 1 atom stereocenters. The van der Waals surface area contributed by atoms with Crippen molar-refractivity contribution in [1.29, 1.82) is 0 Å². The van der Waals surface area contributed by atoms with Crippen LogP contribution < -0.4 is 5.32 Å². The van der Waals surface area contributed by atoms with Gasteiger partial charge < -0.3 is 10.4 Å². The molecular weight excluding hydrogens is 341 g/mol. The predicted octanol–water partition coefficient (Wildman–Crippen LogP) is 2.75. The molecule has 3 rings (SSSR count). The number of amides is 1. The van der Waals surface area contributed by atoms with E-state index in [1.54, 1.807) is 13.8 Å². The van der Waals surface area contributed by atoms with E-state index >= 15 is 0 Å². The first-order valence-corrected chi connectivity index (χ1v) is 7.57. The van der Waals surface area contributed by atoms with Crippen LogP contribution in [0.4, 0.5) is 5.69 Å². The van der Waals surface area contributed by atoms with Crippen LogP contribution in [-0.4, -0.2) is 27.0 Å². The van der Waals surface area contributed by atoms with Crippen LogP contribution >= 0.6 is 23.2 Å². The van der Waals surface area contributed by atoms with Crippen molar-refractivity contribution >= 4 is 40.6 Å². The van der Waals surface area contributed by atoms with E-state index in [0.29, 0.717) is 27.7 Å². The summed E-state index contributed by atoms with van der Waals surface area (Å²) < 4.78 is 0. The van der Waals surface area contributed by atoms with Gasteiger partial charge in [-0.1, -0.05) is 23.2 Å². The molecule has 1 aliphatic rings. The predicted molar refractivity (Wildman–Crippen MR) is 86.0 cm³/mol. The topological polar surface area (TPSA) is 95.1 Å². The molecule has 120 valence electrons. The number of carbonyl (C=O) groups excluding carboxylic acids is 2. The summed E-state index contributed by atoms with van der Waals surface area (Å²) in [5.41, 5.74) is -0.104. The van der Waals surface area contributed by atoms with Gasteiger partial charge in [0.1, 0.15) is 0 Å². The number of rotatable bonds is 3. The van der Waals surface area contributed by atoms with E-state index in [0.717, 1.165) is 0 Å². The number of anilines is 1. The maximum absolute atomic E-state index is 12.6. The number of H-pyrrole nitrogens is 1. The largest absolute Gasteiger partial charge is 0.375 e. The van der Waals surface area contributed by atoms with Crippen LogP contribution in [0.5, 0.6) is 0 Å². The third-order valence-electron chi connectivity index (χ3n) is 3.92. The number of aliphatic hydroxyl groups is 1. The molecule has 0 bridgehead atoms. The smallest absolute Gasteiger partial charge is 0.261 e. The Labute approximate surface area is 141 Å². The Morgan fingerprint density at radius 3 is 2.65 bits per heavy atom. The van der Waals surface area contributed by atoms with Gasteiger partial charge in [-0.3, -0.25) is 14.7 Å². The van der Waals surface area contributed by atoms with Crippen LogP contribution in [0, 0.1) is 13.8 Å². The third-order valence-corrected chi connectivity index (χ3v) is 4.43. The van der Waals surface area contributed by atoms with Crippen LogP contribution in [0.1, 0.15) is 33.7 Å². The third kappa shape index (κ3) is 2.43. The van der Waals surface area contributed by atoms with E-state index in [4.69, 9.17) is 23.2 Å². The molecule has 2 heterocycles. The number of hydrogen-bond donors (Lipinski definition) is 3. The highest BCUT2D eigenvalue weighted by Crippen LogP contribution is 2.44. The van der Waals surface area contributed by atoms with Crippen molar-refractivity contribution < 1.29 is 14.7 Å². The van der Waals surface area contributed by atoms with Gasteiger partial charge in [0, 0.05) is 16.3 Å². The first-order chi connectivity index (χ1) is 10.7. The highest BCUT2D eigenvalue weighted by Gasteiger charge is 2.48. The molecule has 0 radical (unpaired) electrons. The second-order valence-electron chi connectivity index (χ2n) is 5.53. The number of ketones is 1. The molecule has 1 amide bonds. The van der Waals surface area contributed by atoms with Crippen LogP contribution in [0.25, 0.3) is 0 Å². The lowest BCUT2D eigenvalue weighted by Crippen LogP contribution is -2.37. The van der Waals surface area contributed by atoms with Gasteiger partial charge in [0.25, 0.3) is 5.91 Å². The molecule has 23 heavy (non-hydrogen) atoms. The second-order valence-corrected chi connectivity index (χ2v) is 6.38. The summed E-state index contributed by atoms with van der Waals surface area (Å²) in [5, 5.41) is 20.5. The van der Waals surface area contributed by atoms with Gasteiger partial charge in [0.15, 0.2) is 11.4 Å². The lowest BCUT2D eigenvalue weighted by molar-refractivity contribution is -0.133. The minimum Gasteiger partial charge on any atom is -0.375 e. The van der Waals surface area contributed by atoms with Crippen molar-refractivity contribution in [3.8, 4) is 0 Å². The zero-order valence-corrected chi connectivity index (χ0v) is 13.8. The minimum absolute atomic E-state index is 0.127. The fourth-order valence-electron chi connectivity index (χ4n) is 2.88. The van der Waals surface area contributed by atoms with Gasteiger partial charge in [0.05, 0.1) is 28.4 Å². The zero-order chi connectivity index (χ0) is 16.9. The molecule has 1 unspecified atom stereocenters. The number of nitrogens with zero attached hydrogens (tertiary/aromatic N) is 1. The van der Waals surface area contributed by atoms with Crippen LogP contribution in [0.15, 0.2) is 12.1 Å². The number of aromatic nitrogens is 2. The van der Waals surface area contributed by atoms with Crippen molar-refractivity contribution in [2.24, 2.45) is 0 Å². The Kier molecular flexibility index (Phi) is 3.71. The first-order valence-electron chi connectivity index (χ1n) is 6.82. The Morgan fingerprint density at radius 1 is 1.35 bits per heavy atom. The SMILES string of the molecule is Cc1n[nH]c(C)c1C(=O)CC1(O)C(=O)Nc2cc(Cl)cc(Cl)c21. The van der Waals surface area contributed by atoms with Gasteiger partial charge in [-0.15, -0.1) is 0 Å². The molecule has 6 nitrogen and oxygen atoms in total. The fraction of sp³-hybridized carbons (Fsp3) is 0.267. The number of hydrogen-bond acceptors (Lipinski definition) is 4. The molecule has 0 aliphatic carbocycles. The normalized spacial score (nSPS) is 19.6. The van der Waals surface area contributed by atoms with Gasteiger partial charge in [-0.2, -0.15) is 5.10 Å². The highest BCUT2D eigenvalue weighted by atomic mass is 35.5. The lowest BCUT2D eigenvalue weighted by Gasteiger charge is -2.21. The number of halogens is 2. The van der Waals surface area contributed by atoms with Crippen molar-refractivity contribution in [3.05, 3.63) is 44.7 Å². The van der Waals surface area contributed by atoms with Crippen LogP contribution in [0.2, 0.25) is 10.0 Å². The number of Topliss-reactive ketones (excluding diaryl/α,β-unsaturated/α-hetero) is 1. The fourth-order valence-corrected chi connectivity index (χ4v) is 3.53. The van der Waals surface area contributed by atoms with E-state index < -0.39 is 23.7 Å². The zero-order valence-electron chi connectivity index (χ0n) is 12.3. The monoisotopic (exact) mass is 353 g/mol. The summed E-state index contributed by atoms with van der Waals surface area (Å²) in [6.07, 6.45) is -0.436. The molecular formula is C15H13Cl2N3O3. The Balaban J connectivity index is 2.04. The van der Waals surface area contributed by atoms with Crippen LogP contribution in [0.3, 0.4) is 0 Å². The first kappa shape index (κ1) is 16.0.